The van der Waals surface area contributed by atoms with Gasteiger partial charge in [-0.25, -0.2) is 10.2 Å². The highest BCUT2D eigenvalue weighted by atomic mass is 16.2. The van der Waals surface area contributed by atoms with Crippen molar-refractivity contribution in [2.75, 3.05) is 0 Å². The summed E-state index contributed by atoms with van der Waals surface area (Å²) < 4.78 is 0. The van der Waals surface area contributed by atoms with Crippen LogP contribution in [-0.4, -0.2) is 12.2 Å². The molecule has 0 aliphatic heterocycles. The third kappa shape index (κ3) is 3.81. The van der Waals surface area contributed by atoms with Gasteiger partial charge in [-0.15, -0.1) is 0 Å². The first-order chi connectivity index (χ1) is 7.09. The molecule has 0 bridgehead atoms. The van der Waals surface area contributed by atoms with E-state index in [1.807, 2.05) is 24.3 Å². The number of amides is 2. The summed E-state index contributed by atoms with van der Waals surface area (Å²) in [6.45, 7) is 4.27. The topological polar surface area (TPSA) is 67.5 Å². The molecule has 1 aromatic carbocycles. The molecular weight excluding hydrogens is 190 g/mol. The summed E-state index contributed by atoms with van der Waals surface area (Å²) in [5.74, 6) is 0.514. The van der Waals surface area contributed by atoms with Crippen molar-refractivity contribution in [2.45, 2.75) is 19.8 Å². The lowest BCUT2D eigenvalue weighted by molar-refractivity contribution is 0.249. The normalized spacial score (nSPS) is 10.9. The number of hydrogen-bond donors (Lipinski definition) is 2. The number of carbonyl (C=O) groups excluding carboxylic acids is 1. The van der Waals surface area contributed by atoms with E-state index in [0.717, 1.165) is 5.56 Å². The second-order valence-corrected chi connectivity index (χ2v) is 3.56. The van der Waals surface area contributed by atoms with Gasteiger partial charge in [0.05, 0.1) is 6.21 Å². The van der Waals surface area contributed by atoms with E-state index in [4.69, 9.17) is 5.73 Å². The van der Waals surface area contributed by atoms with E-state index >= 15 is 0 Å². The highest BCUT2D eigenvalue weighted by Crippen LogP contribution is 2.13. The first-order valence-corrected chi connectivity index (χ1v) is 4.78. The van der Waals surface area contributed by atoms with E-state index < -0.39 is 6.03 Å². The number of benzene rings is 1. The standard InChI is InChI=1S/C11H15N3O/c1-8(2)10-5-3-9(4-6-10)7-13-14-11(12)15/h3-8H,1-2H3,(H3,12,14,15)/b13-7+. The molecule has 0 spiro atoms. The quantitative estimate of drug-likeness (QED) is 0.573. The van der Waals surface area contributed by atoms with Crippen LogP contribution in [0, 0.1) is 0 Å². The van der Waals surface area contributed by atoms with Gasteiger partial charge in [-0.1, -0.05) is 38.1 Å². The average molecular weight is 205 g/mol. The maximum atomic E-state index is 10.3. The molecule has 0 aliphatic carbocycles. The number of urea groups is 1. The highest BCUT2D eigenvalue weighted by molar-refractivity contribution is 5.81. The van der Waals surface area contributed by atoms with Crippen molar-refractivity contribution < 1.29 is 4.79 Å². The molecule has 0 radical (unpaired) electrons. The lowest BCUT2D eigenvalue weighted by atomic mass is 10.0. The number of primary amides is 1. The van der Waals surface area contributed by atoms with Gasteiger partial charge in [0.1, 0.15) is 0 Å². The van der Waals surface area contributed by atoms with Crippen LogP contribution in [0.5, 0.6) is 0 Å². The summed E-state index contributed by atoms with van der Waals surface area (Å²) >= 11 is 0. The van der Waals surface area contributed by atoms with Crippen molar-refractivity contribution in [2.24, 2.45) is 10.8 Å². The number of rotatable bonds is 3. The molecule has 0 saturated heterocycles. The first-order valence-electron chi connectivity index (χ1n) is 4.78. The molecular formula is C11H15N3O. The van der Waals surface area contributed by atoms with E-state index in [1.165, 1.54) is 5.56 Å². The second kappa shape index (κ2) is 5.14. The molecule has 15 heavy (non-hydrogen) atoms. The SMILES string of the molecule is CC(C)c1ccc(/C=N/NC(N)=O)cc1. The van der Waals surface area contributed by atoms with Gasteiger partial charge in [0.2, 0.25) is 0 Å². The molecule has 0 saturated carbocycles. The van der Waals surface area contributed by atoms with Crippen molar-refractivity contribution in [3.63, 3.8) is 0 Å². The number of carbonyl (C=O) groups is 1. The molecule has 0 aromatic heterocycles. The molecule has 0 atom stereocenters. The summed E-state index contributed by atoms with van der Waals surface area (Å²) in [6.07, 6.45) is 1.55. The van der Waals surface area contributed by atoms with Crippen molar-refractivity contribution >= 4 is 12.2 Å². The number of nitrogens with zero attached hydrogens (tertiary/aromatic N) is 1. The smallest absolute Gasteiger partial charge is 0.332 e. The molecule has 0 aliphatic rings. The fourth-order valence-electron chi connectivity index (χ4n) is 1.14. The Balaban J connectivity index is 2.64. The van der Waals surface area contributed by atoms with Crippen LogP contribution >= 0.6 is 0 Å². The van der Waals surface area contributed by atoms with Crippen molar-refractivity contribution in [1.29, 1.82) is 0 Å². The van der Waals surface area contributed by atoms with E-state index in [0.29, 0.717) is 5.92 Å². The predicted molar refractivity (Wildman–Crippen MR) is 60.8 cm³/mol. The zero-order valence-electron chi connectivity index (χ0n) is 8.90. The van der Waals surface area contributed by atoms with Crippen LogP contribution in [-0.2, 0) is 0 Å². The molecule has 0 heterocycles. The molecule has 4 nitrogen and oxygen atoms in total. The van der Waals surface area contributed by atoms with E-state index in [-0.39, 0.29) is 0 Å². The monoisotopic (exact) mass is 205 g/mol. The molecule has 4 heteroatoms. The van der Waals surface area contributed by atoms with Crippen LogP contribution in [0.15, 0.2) is 29.4 Å². The third-order valence-electron chi connectivity index (χ3n) is 1.99. The van der Waals surface area contributed by atoms with Crippen LogP contribution in [0.4, 0.5) is 4.79 Å². The largest absolute Gasteiger partial charge is 0.350 e. The van der Waals surface area contributed by atoms with Gasteiger partial charge in [-0.2, -0.15) is 5.10 Å². The molecule has 3 N–H and O–H groups in total. The minimum atomic E-state index is -0.662. The summed E-state index contributed by atoms with van der Waals surface area (Å²) in [7, 11) is 0. The lowest BCUT2D eigenvalue weighted by Gasteiger charge is -2.04. The molecule has 0 unspecified atom stereocenters. The number of hydrogen-bond acceptors (Lipinski definition) is 2. The fraction of sp³-hybridized carbons (Fsp3) is 0.273. The molecule has 1 aromatic rings. The Kier molecular flexibility index (Phi) is 3.85. The van der Waals surface area contributed by atoms with E-state index in [9.17, 15) is 4.79 Å². The Morgan fingerprint density at radius 2 is 2.00 bits per heavy atom. The Morgan fingerprint density at radius 3 is 2.47 bits per heavy atom. The zero-order valence-corrected chi connectivity index (χ0v) is 8.90. The molecule has 0 fully saturated rings. The Bertz CT molecular complexity index is 355. The summed E-state index contributed by atoms with van der Waals surface area (Å²) in [4.78, 5) is 10.3. The molecule has 2 amide bonds. The van der Waals surface area contributed by atoms with Crippen LogP contribution in [0.1, 0.15) is 30.9 Å². The van der Waals surface area contributed by atoms with Crippen LogP contribution in [0.2, 0.25) is 0 Å². The average Bonchev–Trinajstić information content (AvgIpc) is 2.18. The van der Waals surface area contributed by atoms with Crippen LogP contribution in [0.3, 0.4) is 0 Å². The number of nitrogens with one attached hydrogen (secondary N) is 1. The van der Waals surface area contributed by atoms with Gasteiger partial charge >= 0.3 is 6.03 Å². The van der Waals surface area contributed by atoms with Crippen molar-refractivity contribution in [1.82, 2.24) is 5.43 Å². The van der Waals surface area contributed by atoms with Crippen molar-refractivity contribution in [3.8, 4) is 0 Å². The maximum Gasteiger partial charge on any atom is 0.332 e. The highest BCUT2D eigenvalue weighted by Gasteiger charge is 1.97. The van der Waals surface area contributed by atoms with Gasteiger partial charge in [-0.3, -0.25) is 0 Å². The van der Waals surface area contributed by atoms with Gasteiger partial charge in [0, 0.05) is 0 Å². The molecule has 80 valence electrons. The van der Waals surface area contributed by atoms with Gasteiger partial charge in [-0.05, 0) is 17.0 Å². The minimum absolute atomic E-state index is 0.514. The first kappa shape index (κ1) is 11.2. The fourth-order valence-corrected chi connectivity index (χ4v) is 1.14. The lowest BCUT2D eigenvalue weighted by Crippen LogP contribution is -2.24. The second-order valence-electron chi connectivity index (χ2n) is 3.56. The zero-order chi connectivity index (χ0) is 11.3. The summed E-state index contributed by atoms with van der Waals surface area (Å²) in [5, 5.41) is 3.67. The Labute approximate surface area is 89.2 Å². The van der Waals surface area contributed by atoms with E-state index in [2.05, 4.69) is 24.4 Å². The van der Waals surface area contributed by atoms with Gasteiger partial charge < -0.3 is 5.73 Å². The van der Waals surface area contributed by atoms with Crippen LogP contribution < -0.4 is 11.2 Å². The summed E-state index contributed by atoms with van der Waals surface area (Å²) in [6, 6.07) is 7.31. The van der Waals surface area contributed by atoms with E-state index in [1.54, 1.807) is 6.21 Å². The Hall–Kier alpha value is -1.84. The molecule has 1 rings (SSSR count). The third-order valence-corrected chi connectivity index (χ3v) is 1.99. The van der Waals surface area contributed by atoms with Crippen LogP contribution in [0.25, 0.3) is 0 Å². The van der Waals surface area contributed by atoms with Gasteiger partial charge in [0.15, 0.2) is 0 Å². The summed E-state index contributed by atoms with van der Waals surface area (Å²) in [5.41, 5.74) is 9.19. The number of hydrazone groups is 1. The number of nitrogens with two attached hydrogens (primary N) is 1. The Morgan fingerprint density at radius 1 is 1.40 bits per heavy atom. The van der Waals surface area contributed by atoms with Gasteiger partial charge in [0.25, 0.3) is 0 Å². The predicted octanol–water partition coefficient (Wildman–Crippen LogP) is 1.81. The minimum Gasteiger partial charge on any atom is -0.350 e. The van der Waals surface area contributed by atoms with Crippen molar-refractivity contribution in [3.05, 3.63) is 35.4 Å². The maximum absolute atomic E-state index is 10.3.